The highest BCUT2D eigenvalue weighted by Gasteiger charge is 2.53. The number of rotatable bonds is 3. The molecule has 0 spiro atoms. The van der Waals surface area contributed by atoms with Crippen LogP contribution in [0.1, 0.15) is 26.2 Å². The molecule has 0 bridgehead atoms. The Morgan fingerprint density at radius 1 is 1.53 bits per heavy atom. The summed E-state index contributed by atoms with van der Waals surface area (Å²) in [6.45, 7) is 3.17. The highest BCUT2D eigenvalue weighted by atomic mass is 16.3. The van der Waals surface area contributed by atoms with Crippen molar-refractivity contribution in [1.29, 1.82) is 5.26 Å². The maximum absolute atomic E-state index is 12.6. The first-order chi connectivity index (χ1) is 8.88. The van der Waals surface area contributed by atoms with Gasteiger partial charge < -0.3 is 14.9 Å². The Labute approximate surface area is 114 Å². The van der Waals surface area contributed by atoms with Crippen LogP contribution in [0.5, 0.6) is 0 Å². The largest absolute Gasteiger partial charge is 0.391 e. The zero-order chi connectivity index (χ0) is 14.2. The molecule has 2 atom stereocenters. The number of nitrogens with zero attached hydrogens (tertiary/aromatic N) is 3. The highest BCUT2D eigenvalue weighted by molar-refractivity contribution is 5.87. The Morgan fingerprint density at radius 3 is 2.63 bits per heavy atom. The molecule has 0 radical (unpaired) electrons. The first-order valence-corrected chi connectivity index (χ1v) is 6.93. The third-order valence-corrected chi connectivity index (χ3v) is 4.25. The number of carbonyl (C=O) groups excluding carboxylic acids is 1. The van der Waals surface area contributed by atoms with Gasteiger partial charge in [0, 0.05) is 19.1 Å². The van der Waals surface area contributed by atoms with Gasteiger partial charge in [-0.2, -0.15) is 5.26 Å². The van der Waals surface area contributed by atoms with E-state index in [1.807, 2.05) is 19.0 Å². The fourth-order valence-electron chi connectivity index (χ4n) is 3.45. The molecule has 0 aromatic heterocycles. The number of β-amino-alcohol motifs (C(OH)–C–C–N with tert-alkyl or cyclic N) is 1. The number of amides is 1. The molecule has 1 saturated heterocycles. The standard InChI is InChI=1S/C14H23N3O2/c1-10-5-14(6-10,9-15)13(19)17-8-12(18)4-11(17)7-16(2)3/h10-12,18H,4-8H2,1-3H3. The number of likely N-dealkylation sites (tertiary alicyclic amines) is 1. The molecule has 1 aliphatic heterocycles. The van der Waals surface area contributed by atoms with Crippen LogP contribution in [0.15, 0.2) is 0 Å². The number of hydrogen-bond donors (Lipinski definition) is 1. The lowest BCUT2D eigenvalue weighted by Gasteiger charge is -2.43. The van der Waals surface area contributed by atoms with Gasteiger partial charge in [0.2, 0.25) is 5.91 Å². The van der Waals surface area contributed by atoms with E-state index in [0.29, 0.717) is 31.7 Å². The molecule has 1 amide bonds. The third kappa shape index (κ3) is 2.60. The number of aliphatic hydroxyl groups excluding tert-OH is 1. The monoisotopic (exact) mass is 265 g/mol. The molecule has 2 fully saturated rings. The van der Waals surface area contributed by atoms with Crippen LogP contribution in [0, 0.1) is 22.7 Å². The van der Waals surface area contributed by atoms with E-state index >= 15 is 0 Å². The van der Waals surface area contributed by atoms with E-state index in [4.69, 9.17) is 0 Å². The zero-order valence-corrected chi connectivity index (χ0v) is 12.0. The van der Waals surface area contributed by atoms with Gasteiger partial charge in [0.15, 0.2) is 0 Å². The summed E-state index contributed by atoms with van der Waals surface area (Å²) in [6.07, 6.45) is 1.47. The van der Waals surface area contributed by atoms with Crippen LogP contribution in [0.25, 0.3) is 0 Å². The minimum absolute atomic E-state index is 0.0265. The lowest BCUT2D eigenvalue weighted by molar-refractivity contribution is -0.146. The second-order valence-corrected chi connectivity index (χ2v) is 6.47. The fourth-order valence-corrected chi connectivity index (χ4v) is 3.45. The van der Waals surface area contributed by atoms with Crippen LogP contribution in [-0.2, 0) is 4.79 Å². The highest BCUT2D eigenvalue weighted by Crippen LogP contribution is 2.47. The van der Waals surface area contributed by atoms with Crippen LogP contribution < -0.4 is 0 Å². The molecule has 2 rings (SSSR count). The normalized spacial score (nSPS) is 38.1. The molecular weight excluding hydrogens is 242 g/mol. The number of likely N-dealkylation sites (N-methyl/N-ethyl adjacent to an activating group) is 1. The van der Waals surface area contributed by atoms with Gasteiger partial charge in [-0.05, 0) is 39.3 Å². The summed E-state index contributed by atoms with van der Waals surface area (Å²) in [7, 11) is 3.91. The van der Waals surface area contributed by atoms with Gasteiger partial charge >= 0.3 is 0 Å². The van der Waals surface area contributed by atoms with Crippen LogP contribution in [-0.4, -0.2) is 60.1 Å². The van der Waals surface area contributed by atoms with E-state index < -0.39 is 11.5 Å². The molecule has 1 aliphatic carbocycles. The summed E-state index contributed by atoms with van der Waals surface area (Å²) in [5, 5.41) is 19.2. The van der Waals surface area contributed by atoms with E-state index in [0.717, 1.165) is 6.54 Å². The topological polar surface area (TPSA) is 67.6 Å². The van der Waals surface area contributed by atoms with Crippen molar-refractivity contribution in [3.8, 4) is 6.07 Å². The lowest BCUT2D eigenvalue weighted by Crippen LogP contribution is -2.53. The van der Waals surface area contributed by atoms with Gasteiger partial charge in [0.25, 0.3) is 0 Å². The van der Waals surface area contributed by atoms with E-state index in [-0.39, 0.29) is 11.9 Å². The van der Waals surface area contributed by atoms with E-state index in [1.54, 1.807) is 4.90 Å². The molecule has 106 valence electrons. The first-order valence-electron chi connectivity index (χ1n) is 6.93. The molecule has 2 aliphatic rings. The average molecular weight is 265 g/mol. The summed E-state index contributed by atoms with van der Waals surface area (Å²) < 4.78 is 0. The number of carbonyl (C=O) groups is 1. The Balaban J connectivity index is 2.11. The van der Waals surface area contributed by atoms with Crippen molar-refractivity contribution in [2.45, 2.75) is 38.3 Å². The lowest BCUT2D eigenvalue weighted by atomic mass is 9.62. The Morgan fingerprint density at radius 2 is 2.16 bits per heavy atom. The molecule has 2 unspecified atom stereocenters. The van der Waals surface area contributed by atoms with Gasteiger partial charge in [-0.15, -0.1) is 0 Å². The Hall–Kier alpha value is -1.12. The third-order valence-electron chi connectivity index (χ3n) is 4.25. The molecule has 19 heavy (non-hydrogen) atoms. The summed E-state index contributed by atoms with van der Waals surface area (Å²) in [4.78, 5) is 16.4. The van der Waals surface area contributed by atoms with Gasteiger partial charge in [0.05, 0.1) is 12.2 Å². The quantitative estimate of drug-likeness (QED) is 0.804. The second-order valence-electron chi connectivity index (χ2n) is 6.47. The maximum Gasteiger partial charge on any atom is 0.243 e. The molecule has 5 nitrogen and oxygen atoms in total. The van der Waals surface area contributed by atoms with Crippen molar-refractivity contribution in [3.63, 3.8) is 0 Å². The van der Waals surface area contributed by atoms with Gasteiger partial charge in [-0.1, -0.05) is 6.92 Å². The number of aliphatic hydroxyl groups is 1. The van der Waals surface area contributed by atoms with E-state index in [2.05, 4.69) is 13.0 Å². The van der Waals surface area contributed by atoms with E-state index in [9.17, 15) is 15.2 Å². The SMILES string of the molecule is CC1CC(C#N)(C(=O)N2CC(O)CC2CN(C)C)C1. The predicted octanol–water partition coefficient (Wildman–Crippen LogP) is 0.450. The van der Waals surface area contributed by atoms with Crippen molar-refractivity contribution in [2.75, 3.05) is 27.2 Å². The summed E-state index contributed by atoms with van der Waals surface area (Å²) in [6, 6.07) is 2.25. The fraction of sp³-hybridized carbons (Fsp3) is 0.857. The molecule has 1 N–H and O–H groups in total. The summed E-state index contributed by atoms with van der Waals surface area (Å²) in [5.74, 6) is 0.375. The zero-order valence-electron chi connectivity index (χ0n) is 12.0. The van der Waals surface area contributed by atoms with Gasteiger partial charge in [0.1, 0.15) is 5.41 Å². The van der Waals surface area contributed by atoms with Crippen molar-refractivity contribution < 1.29 is 9.90 Å². The van der Waals surface area contributed by atoms with Crippen molar-refractivity contribution >= 4 is 5.91 Å². The average Bonchev–Trinajstić information content (AvgIpc) is 2.63. The second kappa shape index (κ2) is 5.10. The Bertz CT molecular complexity index is 396. The van der Waals surface area contributed by atoms with Crippen molar-refractivity contribution in [3.05, 3.63) is 0 Å². The number of hydrogen-bond acceptors (Lipinski definition) is 4. The molecule has 0 aromatic carbocycles. The summed E-state index contributed by atoms with van der Waals surface area (Å²) >= 11 is 0. The molecule has 5 heteroatoms. The minimum atomic E-state index is -0.825. The minimum Gasteiger partial charge on any atom is -0.391 e. The van der Waals surface area contributed by atoms with Gasteiger partial charge in [-0.3, -0.25) is 4.79 Å². The van der Waals surface area contributed by atoms with Crippen molar-refractivity contribution in [1.82, 2.24) is 9.80 Å². The predicted molar refractivity (Wildman–Crippen MR) is 71.1 cm³/mol. The smallest absolute Gasteiger partial charge is 0.243 e. The molecule has 1 heterocycles. The first kappa shape index (κ1) is 14.3. The van der Waals surface area contributed by atoms with Crippen LogP contribution >= 0.6 is 0 Å². The van der Waals surface area contributed by atoms with Crippen molar-refractivity contribution in [2.24, 2.45) is 11.3 Å². The molecular formula is C14H23N3O2. The van der Waals surface area contributed by atoms with E-state index in [1.165, 1.54) is 0 Å². The molecule has 0 aromatic rings. The van der Waals surface area contributed by atoms with Gasteiger partial charge in [-0.25, -0.2) is 0 Å². The van der Waals surface area contributed by atoms with Crippen LogP contribution in [0.4, 0.5) is 0 Å². The summed E-state index contributed by atoms with van der Waals surface area (Å²) in [5.41, 5.74) is -0.825. The molecule has 1 saturated carbocycles. The van der Waals surface area contributed by atoms with Crippen LogP contribution in [0.3, 0.4) is 0 Å². The van der Waals surface area contributed by atoms with Crippen LogP contribution in [0.2, 0.25) is 0 Å². The number of nitriles is 1. The maximum atomic E-state index is 12.6. The Kier molecular flexibility index (Phi) is 3.84.